The Hall–Kier alpha value is -5.92. The molecule has 0 aliphatic heterocycles. The van der Waals surface area contributed by atoms with Crippen molar-refractivity contribution in [2.24, 2.45) is 41.4 Å². The Kier molecular flexibility index (Phi) is 7.15. The third-order valence-corrected chi connectivity index (χ3v) is 12.6. The molecule has 8 atom stereocenters. The van der Waals surface area contributed by atoms with Crippen molar-refractivity contribution in [2.75, 3.05) is 0 Å². The molecule has 0 N–H and O–H groups in total. The Balaban J connectivity index is 1.02. The van der Waals surface area contributed by atoms with E-state index >= 15 is 0 Å². The molecule has 254 valence electrons. The van der Waals surface area contributed by atoms with Crippen molar-refractivity contribution in [1.29, 1.82) is 0 Å². The minimum Gasteiger partial charge on any atom is -0.460 e. The Morgan fingerprint density at radius 2 is 1.09 bits per heavy atom. The molecule has 0 bridgehead atoms. The van der Waals surface area contributed by atoms with Crippen LogP contribution in [-0.2, 0) is 0 Å². The third kappa shape index (κ3) is 5.13. The van der Waals surface area contributed by atoms with Gasteiger partial charge in [-0.3, -0.25) is 0 Å². The first-order valence-electron chi connectivity index (χ1n) is 19.3. The van der Waals surface area contributed by atoms with Crippen molar-refractivity contribution in [1.82, 2.24) is 0 Å². The van der Waals surface area contributed by atoms with Gasteiger partial charge < -0.3 is 4.42 Å². The molecular formula is C52H40O. The lowest BCUT2D eigenvalue weighted by atomic mass is 9.59. The molecule has 1 nitrogen and oxygen atoms in total. The van der Waals surface area contributed by atoms with E-state index in [1.165, 1.54) is 55.5 Å². The van der Waals surface area contributed by atoms with Crippen molar-refractivity contribution in [3.05, 3.63) is 211 Å². The van der Waals surface area contributed by atoms with Gasteiger partial charge in [0.15, 0.2) is 0 Å². The maximum Gasteiger partial charge on any atom is 0.135 e. The molecule has 4 aromatic carbocycles. The molecule has 8 unspecified atom stereocenters. The van der Waals surface area contributed by atoms with Crippen LogP contribution in [-0.4, -0.2) is 0 Å². The van der Waals surface area contributed by atoms with Crippen LogP contribution in [0.3, 0.4) is 0 Å². The zero-order valence-corrected chi connectivity index (χ0v) is 29.5. The fraction of sp³-hybridized carbons (Fsp3) is 0.154. The number of hydrogen-bond acceptors (Lipinski definition) is 1. The number of allylic oxidation sites excluding steroid dienone is 17. The minimum absolute atomic E-state index is 0.138. The fourth-order valence-corrected chi connectivity index (χ4v) is 10.0. The monoisotopic (exact) mass is 680 g/mol. The van der Waals surface area contributed by atoms with Crippen molar-refractivity contribution < 1.29 is 4.42 Å². The molecule has 0 fully saturated rings. The summed E-state index contributed by atoms with van der Waals surface area (Å²) in [5, 5.41) is 1.17. The first-order valence-corrected chi connectivity index (χ1v) is 19.3. The van der Waals surface area contributed by atoms with E-state index in [1.54, 1.807) is 0 Å². The third-order valence-electron chi connectivity index (χ3n) is 12.6. The summed E-state index contributed by atoms with van der Waals surface area (Å²) in [6.45, 7) is 0. The first kappa shape index (κ1) is 30.7. The van der Waals surface area contributed by atoms with Crippen molar-refractivity contribution in [3.8, 4) is 22.3 Å². The van der Waals surface area contributed by atoms with Crippen LogP contribution in [0, 0.1) is 41.4 Å². The van der Waals surface area contributed by atoms with Crippen LogP contribution in [0.25, 0.3) is 50.4 Å². The zero-order valence-electron chi connectivity index (χ0n) is 29.5. The Morgan fingerprint density at radius 1 is 0.434 bits per heavy atom. The zero-order chi connectivity index (χ0) is 34.9. The van der Waals surface area contributed by atoms with Crippen LogP contribution in [0.5, 0.6) is 0 Å². The summed E-state index contributed by atoms with van der Waals surface area (Å²) >= 11 is 0. The van der Waals surface area contributed by atoms with Crippen LogP contribution in [0.2, 0.25) is 0 Å². The SMILES string of the molecule is C1=CC2C=CC3C4C=CC(c5cc(C6=Cc7c(oc8cc(-c9ccccc9)ccc78)C7C=CC=CC67)cc(-c6ccccc6)c5)=CC4C=CC3C2C=C1. The molecule has 0 spiro atoms. The van der Waals surface area contributed by atoms with E-state index in [9.17, 15) is 0 Å². The van der Waals surface area contributed by atoms with Crippen LogP contribution in [0.4, 0.5) is 0 Å². The molecule has 1 heterocycles. The van der Waals surface area contributed by atoms with Gasteiger partial charge in [-0.2, -0.15) is 0 Å². The van der Waals surface area contributed by atoms with E-state index in [1.807, 2.05) is 0 Å². The topological polar surface area (TPSA) is 13.1 Å². The van der Waals surface area contributed by atoms with Gasteiger partial charge in [-0.05, 0) is 105 Å². The smallest absolute Gasteiger partial charge is 0.135 e. The van der Waals surface area contributed by atoms with Gasteiger partial charge in [0.1, 0.15) is 11.3 Å². The lowest BCUT2D eigenvalue weighted by Gasteiger charge is -2.44. The maximum absolute atomic E-state index is 6.77. The number of hydrogen-bond donors (Lipinski definition) is 0. The van der Waals surface area contributed by atoms with E-state index in [0.29, 0.717) is 35.5 Å². The normalized spacial score (nSPS) is 28.5. The van der Waals surface area contributed by atoms with Crippen LogP contribution in [0.15, 0.2) is 193 Å². The lowest BCUT2D eigenvalue weighted by Crippen LogP contribution is -2.37. The second-order valence-corrected chi connectivity index (χ2v) is 15.5. The highest BCUT2D eigenvalue weighted by molar-refractivity contribution is 6.00. The summed E-state index contributed by atoms with van der Waals surface area (Å²) in [5.41, 5.74) is 12.2. The number of benzene rings is 4. The Labute approximate surface area is 311 Å². The molecule has 1 aromatic heterocycles. The van der Waals surface area contributed by atoms with Gasteiger partial charge in [-0.1, -0.05) is 158 Å². The molecule has 6 aliphatic carbocycles. The van der Waals surface area contributed by atoms with E-state index in [2.05, 4.69) is 194 Å². The standard InChI is InChI=1S/C52H40O/c1-3-11-33(12-4-1)37-21-26-47-50-32-49(44-17-9-10-18-48(44)52(50)53-51(47)31-37)41-29-39(34-13-5-2-6-14-34)28-40(30-41)36-20-23-43-38(27-36)22-25-45-42-16-8-7-15-35(42)19-24-46(43)45/h1-32,35,38,42-46,48H. The summed E-state index contributed by atoms with van der Waals surface area (Å²) in [6.07, 6.45) is 38.2. The van der Waals surface area contributed by atoms with Gasteiger partial charge in [-0.25, -0.2) is 0 Å². The quantitative estimate of drug-likeness (QED) is 0.172. The first-order chi connectivity index (χ1) is 26.2. The molecule has 53 heavy (non-hydrogen) atoms. The van der Waals surface area contributed by atoms with Crippen molar-refractivity contribution >= 4 is 28.2 Å². The van der Waals surface area contributed by atoms with Gasteiger partial charge in [-0.15, -0.1) is 0 Å². The predicted octanol–water partition coefficient (Wildman–Crippen LogP) is 13.1. The van der Waals surface area contributed by atoms with Crippen LogP contribution < -0.4 is 0 Å². The largest absolute Gasteiger partial charge is 0.460 e. The number of fused-ring (bicyclic) bond motifs is 10. The number of rotatable bonds is 4. The average molecular weight is 681 g/mol. The summed E-state index contributed by atoms with van der Waals surface area (Å²) in [7, 11) is 0. The van der Waals surface area contributed by atoms with Crippen LogP contribution in [0.1, 0.15) is 28.4 Å². The van der Waals surface area contributed by atoms with E-state index in [4.69, 9.17) is 4.42 Å². The van der Waals surface area contributed by atoms with Crippen molar-refractivity contribution in [3.63, 3.8) is 0 Å². The summed E-state index contributed by atoms with van der Waals surface area (Å²) in [6, 6.07) is 35.4. The van der Waals surface area contributed by atoms with Gasteiger partial charge in [0.25, 0.3) is 0 Å². The number of furan rings is 1. The molecule has 11 rings (SSSR count). The van der Waals surface area contributed by atoms with Crippen LogP contribution >= 0.6 is 0 Å². The van der Waals surface area contributed by atoms with Gasteiger partial charge in [0, 0.05) is 34.6 Å². The highest BCUT2D eigenvalue weighted by Gasteiger charge is 2.41. The highest BCUT2D eigenvalue weighted by Crippen LogP contribution is 2.51. The second-order valence-electron chi connectivity index (χ2n) is 15.5. The molecular weight excluding hydrogens is 641 g/mol. The fourth-order valence-electron chi connectivity index (χ4n) is 10.0. The molecule has 6 aliphatic rings. The summed E-state index contributed by atoms with van der Waals surface area (Å²) in [5.74, 6) is 4.42. The Bertz CT molecular complexity index is 2540. The summed E-state index contributed by atoms with van der Waals surface area (Å²) < 4.78 is 6.77. The highest BCUT2D eigenvalue weighted by atomic mass is 16.3. The van der Waals surface area contributed by atoms with Gasteiger partial charge in [0.2, 0.25) is 0 Å². The molecule has 1 heteroatoms. The molecule has 0 saturated heterocycles. The lowest BCUT2D eigenvalue weighted by molar-refractivity contribution is 0.231. The van der Waals surface area contributed by atoms with E-state index in [0.717, 1.165) is 11.3 Å². The van der Waals surface area contributed by atoms with E-state index < -0.39 is 0 Å². The van der Waals surface area contributed by atoms with Gasteiger partial charge >= 0.3 is 0 Å². The molecule has 0 amide bonds. The van der Waals surface area contributed by atoms with E-state index in [-0.39, 0.29) is 11.8 Å². The molecule has 5 aromatic rings. The molecule has 0 saturated carbocycles. The summed E-state index contributed by atoms with van der Waals surface area (Å²) in [4.78, 5) is 0. The van der Waals surface area contributed by atoms with Gasteiger partial charge in [0.05, 0.1) is 0 Å². The predicted molar refractivity (Wildman–Crippen MR) is 221 cm³/mol. The Morgan fingerprint density at radius 3 is 1.91 bits per heavy atom. The minimum atomic E-state index is 0.138. The molecule has 0 radical (unpaired) electrons. The second kappa shape index (κ2) is 12.3. The van der Waals surface area contributed by atoms with Crippen molar-refractivity contribution in [2.45, 2.75) is 5.92 Å². The average Bonchev–Trinajstić information content (AvgIpc) is 3.61. The maximum atomic E-state index is 6.77.